The second-order valence-electron chi connectivity index (χ2n) is 4.59. The smallest absolute Gasteiger partial charge is 0.335 e. The van der Waals surface area contributed by atoms with E-state index in [0.717, 1.165) is 5.56 Å². The van der Waals surface area contributed by atoms with E-state index in [1.54, 1.807) is 27.0 Å². The first-order valence-corrected chi connectivity index (χ1v) is 6.11. The molecule has 0 spiro atoms. The van der Waals surface area contributed by atoms with Crippen LogP contribution >= 0.6 is 0 Å². The number of amides is 2. The van der Waals surface area contributed by atoms with Gasteiger partial charge in [-0.15, -0.1) is 0 Å². The number of nitriles is 1. The third-order valence-corrected chi connectivity index (χ3v) is 3.09. The van der Waals surface area contributed by atoms with Gasteiger partial charge in [-0.05, 0) is 31.5 Å². The molecule has 1 atom stereocenters. The Morgan fingerprint density at radius 3 is 2.70 bits per heavy atom. The van der Waals surface area contributed by atoms with Gasteiger partial charge in [0.1, 0.15) is 0 Å². The standard InChI is InChI=1S/C14H17N3O3/c1-9-4-5-11(13(18)19)8-12(9)16-14(20)17(3)10(2)6-7-15/h4-5,8,10H,6H2,1-3H3,(H,16,20)(H,18,19). The number of nitrogens with one attached hydrogen (secondary N) is 1. The lowest BCUT2D eigenvalue weighted by molar-refractivity contribution is 0.0697. The fourth-order valence-corrected chi connectivity index (χ4v) is 1.56. The van der Waals surface area contributed by atoms with E-state index in [4.69, 9.17) is 10.4 Å². The van der Waals surface area contributed by atoms with Gasteiger partial charge in [0.25, 0.3) is 0 Å². The molecule has 6 heteroatoms. The number of hydrogen-bond donors (Lipinski definition) is 2. The molecule has 1 aromatic carbocycles. The van der Waals surface area contributed by atoms with Crippen molar-refractivity contribution in [2.45, 2.75) is 26.3 Å². The van der Waals surface area contributed by atoms with Crippen molar-refractivity contribution in [3.63, 3.8) is 0 Å². The predicted molar refractivity (Wildman–Crippen MR) is 74.6 cm³/mol. The van der Waals surface area contributed by atoms with Gasteiger partial charge in [0.15, 0.2) is 0 Å². The van der Waals surface area contributed by atoms with Crippen LogP contribution in [0.1, 0.15) is 29.3 Å². The average molecular weight is 275 g/mol. The second kappa shape index (κ2) is 6.57. The van der Waals surface area contributed by atoms with Gasteiger partial charge in [-0.2, -0.15) is 5.26 Å². The van der Waals surface area contributed by atoms with Crippen LogP contribution < -0.4 is 5.32 Å². The van der Waals surface area contributed by atoms with Crippen molar-refractivity contribution in [1.29, 1.82) is 5.26 Å². The maximum atomic E-state index is 12.0. The lowest BCUT2D eigenvalue weighted by Gasteiger charge is -2.23. The Hall–Kier alpha value is -2.55. The summed E-state index contributed by atoms with van der Waals surface area (Å²) in [6.07, 6.45) is 0.234. The normalized spacial score (nSPS) is 11.3. The molecule has 0 aromatic heterocycles. The third-order valence-electron chi connectivity index (χ3n) is 3.09. The molecule has 2 N–H and O–H groups in total. The van der Waals surface area contributed by atoms with Crippen LogP contribution in [0.4, 0.5) is 10.5 Å². The molecule has 1 rings (SSSR count). The molecule has 0 saturated carbocycles. The van der Waals surface area contributed by atoms with E-state index in [2.05, 4.69) is 5.32 Å². The molecule has 0 heterocycles. The number of carbonyl (C=O) groups excluding carboxylic acids is 1. The number of carbonyl (C=O) groups is 2. The van der Waals surface area contributed by atoms with Crippen molar-refractivity contribution in [3.05, 3.63) is 29.3 Å². The van der Waals surface area contributed by atoms with Gasteiger partial charge in [0.05, 0.1) is 18.1 Å². The highest BCUT2D eigenvalue weighted by molar-refractivity contribution is 5.94. The minimum atomic E-state index is -1.05. The van der Waals surface area contributed by atoms with Crippen molar-refractivity contribution in [1.82, 2.24) is 4.90 Å². The van der Waals surface area contributed by atoms with Gasteiger partial charge >= 0.3 is 12.0 Å². The molecular weight excluding hydrogens is 258 g/mol. The Morgan fingerprint density at radius 2 is 2.15 bits per heavy atom. The van der Waals surface area contributed by atoms with E-state index in [1.807, 2.05) is 6.07 Å². The Morgan fingerprint density at radius 1 is 1.50 bits per heavy atom. The van der Waals surface area contributed by atoms with Crippen LogP contribution in [0.3, 0.4) is 0 Å². The van der Waals surface area contributed by atoms with Gasteiger partial charge in [0, 0.05) is 18.8 Å². The largest absolute Gasteiger partial charge is 0.478 e. The molecule has 0 saturated heterocycles. The topological polar surface area (TPSA) is 93.4 Å². The van der Waals surface area contributed by atoms with Crippen LogP contribution in [0.5, 0.6) is 0 Å². The van der Waals surface area contributed by atoms with Gasteiger partial charge < -0.3 is 15.3 Å². The summed E-state index contributed by atoms with van der Waals surface area (Å²) >= 11 is 0. The van der Waals surface area contributed by atoms with Gasteiger partial charge in [-0.1, -0.05) is 6.07 Å². The van der Waals surface area contributed by atoms with Crippen LogP contribution in [0.25, 0.3) is 0 Å². The van der Waals surface area contributed by atoms with Crippen LogP contribution in [0.15, 0.2) is 18.2 Å². The van der Waals surface area contributed by atoms with Crippen LogP contribution in [0.2, 0.25) is 0 Å². The van der Waals surface area contributed by atoms with Crippen LogP contribution in [-0.4, -0.2) is 35.1 Å². The summed E-state index contributed by atoms with van der Waals surface area (Å²) in [4.78, 5) is 24.4. The number of carboxylic acids is 1. The number of hydrogen-bond acceptors (Lipinski definition) is 3. The molecule has 1 aromatic rings. The number of benzene rings is 1. The number of aromatic carboxylic acids is 1. The highest BCUT2D eigenvalue weighted by atomic mass is 16.4. The molecule has 106 valence electrons. The molecular formula is C14H17N3O3. The van der Waals surface area contributed by atoms with E-state index in [1.165, 1.54) is 17.0 Å². The minimum Gasteiger partial charge on any atom is -0.478 e. The van der Waals surface area contributed by atoms with Gasteiger partial charge in [0.2, 0.25) is 0 Å². The maximum Gasteiger partial charge on any atom is 0.335 e. The van der Waals surface area contributed by atoms with Crippen molar-refractivity contribution < 1.29 is 14.7 Å². The highest BCUT2D eigenvalue weighted by Crippen LogP contribution is 2.18. The number of urea groups is 1. The first-order valence-electron chi connectivity index (χ1n) is 6.11. The number of anilines is 1. The van der Waals surface area contributed by atoms with Crippen molar-refractivity contribution in [2.24, 2.45) is 0 Å². The van der Waals surface area contributed by atoms with Crippen LogP contribution in [-0.2, 0) is 0 Å². The average Bonchev–Trinajstić information content (AvgIpc) is 2.40. The number of carboxylic acid groups (broad SMARTS) is 1. The monoisotopic (exact) mass is 275 g/mol. The molecule has 0 bridgehead atoms. The zero-order valence-corrected chi connectivity index (χ0v) is 11.7. The summed E-state index contributed by atoms with van der Waals surface area (Å²) in [6, 6.07) is 5.94. The van der Waals surface area contributed by atoms with Crippen molar-refractivity contribution in [2.75, 3.05) is 12.4 Å². The Balaban J connectivity index is 2.88. The molecule has 0 radical (unpaired) electrons. The van der Waals surface area contributed by atoms with Gasteiger partial charge in [-0.25, -0.2) is 9.59 Å². The lowest BCUT2D eigenvalue weighted by Crippen LogP contribution is -2.38. The van der Waals surface area contributed by atoms with Crippen LogP contribution in [0, 0.1) is 18.3 Å². The van der Waals surface area contributed by atoms with Crippen molar-refractivity contribution in [3.8, 4) is 6.07 Å². The van der Waals surface area contributed by atoms with E-state index in [9.17, 15) is 9.59 Å². The SMILES string of the molecule is Cc1ccc(C(=O)O)cc1NC(=O)N(C)C(C)CC#N. The zero-order valence-electron chi connectivity index (χ0n) is 11.7. The summed E-state index contributed by atoms with van der Waals surface area (Å²) < 4.78 is 0. The van der Waals surface area contributed by atoms with E-state index in [-0.39, 0.29) is 24.1 Å². The fourth-order valence-electron chi connectivity index (χ4n) is 1.56. The summed E-state index contributed by atoms with van der Waals surface area (Å²) in [5, 5.41) is 20.2. The Bertz CT molecular complexity index is 563. The summed E-state index contributed by atoms with van der Waals surface area (Å²) in [5.74, 6) is -1.05. The quantitative estimate of drug-likeness (QED) is 0.882. The number of nitrogens with zero attached hydrogens (tertiary/aromatic N) is 2. The van der Waals surface area contributed by atoms with E-state index >= 15 is 0 Å². The zero-order chi connectivity index (χ0) is 15.3. The number of rotatable bonds is 4. The molecule has 1 unspecified atom stereocenters. The third kappa shape index (κ3) is 3.72. The van der Waals surface area contributed by atoms with E-state index in [0.29, 0.717) is 5.69 Å². The molecule has 20 heavy (non-hydrogen) atoms. The lowest BCUT2D eigenvalue weighted by atomic mass is 10.1. The molecule has 0 aliphatic heterocycles. The highest BCUT2D eigenvalue weighted by Gasteiger charge is 2.16. The molecule has 0 aliphatic carbocycles. The first kappa shape index (κ1) is 15.5. The molecule has 0 fully saturated rings. The Kier molecular flexibility index (Phi) is 5.09. The predicted octanol–water partition coefficient (Wildman–Crippen LogP) is 2.46. The Labute approximate surface area is 117 Å². The maximum absolute atomic E-state index is 12.0. The molecule has 2 amide bonds. The molecule has 0 aliphatic rings. The minimum absolute atomic E-state index is 0.110. The summed E-state index contributed by atoms with van der Waals surface area (Å²) in [5.41, 5.74) is 1.33. The van der Waals surface area contributed by atoms with Gasteiger partial charge in [-0.3, -0.25) is 0 Å². The fraction of sp³-hybridized carbons (Fsp3) is 0.357. The van der Waals surface area contributed by atoms with Crippen molar-refractivity contribution >= 4 is 17.7 Å². The summed E-state index contributed by atoms with van der Waals surface area (Å²) in [6.45, 7) is 3.54. The first-order chi connectivity index (χ1) is 9.36. The molecule has 6 nitrogen and oxygen atoms in total. The second-order valence-corrected chi connectivity index (χ2v) is 4.59. The summed E-state index contributed by atoms with van der Waals surface area (Å²) in [7, 11) is 1.59. The number of aryl methyl sites for hydroxylation is 1. The van der Waals surface area contributed by atoms with E-state index < -0.39 is 5.97 Å².